The summed E-state index contributed by atoms with van der Waals surface area (Å²) >= 11 is 3.46. The minimum atomic E-state index is 0.104. The molecule has 0 radical (unpaired) electrons. The average Bonchev–Trinajstić information content (AvgIpc) is 2.27. The topological polar surface area (TPSA) is 47.3 Å². The van der Waals surface area contributed by atoms with Gasteiger partial charge in [0.05, 0.1) is 11.6 Å². The Morgan fingerprint density at radius 3 is 2.62 bits per heavy atom. The molecular formula is C12H19BrN2O. The van der Waals surface area contributed by atoms with Gasteiger partial charge < -0.3 is 15.8 Å². The maximum atomic E-state index is 5.68. The quantitative estimate of drug-likeness (QED) is 0.875. The number of halogens is 1. The molecule has 0 saturated carbocycles. The van der Waals surface area contributed by atoms with Gasteiger partial charge in [-0.05, 0) is 46.1 Å². The molecule has 3 nitrogen and oxygen atoms in total. The third-order valence-corrected chi connectivity index (χ3v) is 3.10. The van der Waals surface area contributed by atoms with E-state index in [0.29, 0.717) is 6.54 Å². The Hall–Kier alpha value is -0.740. The van der Waals surface area contributed by atoms with E-state index in [0.717, 1.165) is 22.5 Å². The fraction of sp³-hybridized carbons (Fsp3) is 0.500. The van der Waals surface area contributed by atoms with Crippen LogP contribution < -0.4 is 15.8 Å². The average molecular weight is 287 g/mol. The van der Waals surface area contributed by atoms with Crippen molar-refractivity contribution in [2.45, 2.75) is 13.8 Å². The number of benzene rings is 1. The fourth-order valence-electron chi connectivity index (χ4n) is 1.19. The van der Waals surface area contributed by atoms with Gasteiger partial charge in [0.25, 0.3) is 0 Å². The van der Waals surface area contributed by atoms with Gasteiger partial charge in [-0.25, -0.2) is 0 Å². The van der Waals surface area contributed by atoms with Crippen molar-refractivity contribution in [2.75, 3.05) is 25.5 Å². The van der Waals surface area contributed by atoms with Crippen LogP contribution in [0.3, 0.4) is 0 Å². The molecule has 0 aliphatic rings. The van der Waals surface area contributed by atoms with Crippen molar-refractivity contribution < 1.29 is 4.74 Å². The molecule has 0 spiro atoms. The lowest BCUT2D eigenvalue weighted by atomic mass is 9.94. The Labute approximate surface area is 105 Å². The first-order valence-electron chi connectivity index (χ1n) is 5.26. The summed E-state index contributed by atoms with van der Waals surface area (Å²) in [7, 11) is 1.66. The highest BCUT2D eigenvalue weighted by Gasteiger charge is 2.14. The molecular weight excluding hydrogens is 268 g/mol. The highest BCUT2D eigenvalue weighted by Crippen LogP contribution is 2.28. The van der Waals surface area contributed by atoms with Gasteiger partial charge in [-0.15, -0.1) is 0 Å². The Morgan fingerprint density at radius 1 is 1.44 bits per heavy atom. The van der Waals surface area contributed by atoms with Gasteiger partial charge >= 0.3 is 0 Å². The predicted molar refractivity (Wildman–Crippen MR) is 72.0 cm³/mol. The van der Waals surface area contributed by atoms with E-state index in [1.165, 1.54) is 0 Å². The fourth-order valence-corrected chi connectivity index (χ4v) is 1.73. The SMILES string of the molecule is COc1ccc(NCC(C)(C)CN)cc1Br. The lowest BCUT2D eigenvalue weighted by Crippen LogP contribution is -2.31. The molecule has 0 aliphatic carbocycles. The molecule has 0 fully saturated rings. The van der Waals surface area contributed by atoms with Crippen LogP contribution in [0.2, 0.25) is 0 Å². The molecule has 3 N–H and O–H groups in total. The van der Waals surface area contributed by atoms with Crippen LogP contribution in [0.5, 0.6) is 5.75 Å². The van der Waals surface area contributed by atoms with Crippen molar-refractivity contribution in [2.24, 2.45) is 11.1 Å². The highest BCUT2D eigenvalue weighted by molar-refractivity contribution is 9.10. The maximum Gasteiger partial charge on any atom is 0.133 e. The van der Waals surface area contributed by atoms with Gasteiger partial charge in [0.15, 0.2) is 0 Å². The van der Waals surface area contributed by atoms with Crippen LogP contribution in [0.25, 0.3) is 0 Å². The minimum absolute atomic E-state index is 0.104. The first-order valence-corrected chi connectivity index (χ1v) is 6.05. The molecule has 0 bridgehead atoms. The third kappa shape index (κ3) is 3.68. The highest BCUT2D eigenvalue weighted by atomic mass is 79.9. The van der Waals surface area contributed by atoms with E-state index in [1.807, 2.05) is 18.2 Å². The molecule has 90 valence electrons. The van der Waals surface area contributed by atoms with E-state index < -0.39 is 0 Å². The zero-order chi connectivity index (χ0) is 12.2. The van der Waals surface area contributed by atoms with Crippen LogP contribution in [0, 0.1) is 5.41 Å². The Balaban J connectivity index is 2.65. The first-order chi connectivity index (χ1) is 7.48. The largest absolute Gasteiger partial charge is 0.496 e. The number of hydrogen-bond donors (Lipinski definition) is 2. The van der Waals surface area contributed by atoms with Gasteiger partial charge in [0.1, 0.15) is 5.75 Å². The molecule has 1 rings (SSSR count). The molecule has 0 unspecified atom stereocenters. The molecule has 0 aromatic heterocycles. The smallest absolute Gasteiger partial charge is 0.133 e. The van der Waals surface area contributed by atoms with E-state index >= 15 is 0 Å². The van der Waals surface area contributed by atoms with Gasteiger partial charge in [-0.1, -0.05) is 13.8 Å². The van der Waals surface area contributed by atoms with E-state index in [4.69, 9.17) is 10.5 Å². The van der Waals surface area contributed by atoms with Crippen molar-refractivity contribution in [3.63, 3.8) is 0 Å². The van der Waals surface area contributed by atoms with E-state index in [9.17, 15) is 0 Å². The Kier molecular flexibility index (Phi) is 4.62. The molecule has 0 amide bonds. The summed E-state index contributed by atoms with van der Waals surface area (Å²) in [5.74, 6) is 0.837. The van der Waals surface area contributed by atoms with Crippen molar-refractivity contribution in [3.8, 4) is 5.75 Å². The lowest BCUT2D eigenvalue weighted by Gasteiger charge is -2.23. The molecule has 4 heteroatoms. The summed E-state index contributed by atoms with van der Waals surface area (Å²) in [6, 6.07) is 5.93. The Morgan fingerprint density at radius 2 is 2.12 bits per heavy atom. The standard InChI is InChI=1S/C12H19BrN2O/c1-12(2,7-14)8-15-9-4-5-11(16-3)10(13)6-9/h4-6,15H,7-8,14H2,1-3H3. The van der Waals surface area contributed by atoms with Gasteiger partial charge in [-0.2, -0.15) is 0 Å². The Bertz CT molecular complexity index is 353. The van der Waals surface area contributed by atoms with Gasteiger partial charge in [0, 0.05) is 12.2 Å². The van der Waals surface area contributed by atoms with Crippen molar-refractivity contribution >= 4 is 21.6 Å². The summed E-state index contributed by atoms with van der Waals surface area (Å²) in [6.45, 7) is 5.79. The van der Waals surface area contributed by atoms with E-state index in [2.05, 4.69) is 35.1 Å². The molecule has 16 heavy (non-hydrogen) atoms. The number of hydrogen-bond acceptors (Lipinski definition) is 3. The summed E-state index contributed by atoms with van der Waals surface area (Å²) < 4.78 is 6.12. The van der Waals surface area contributed by atoms with Crippen LogP contribution in [-0.2, 0) is 0 Å². The minimum Gasteiger partial charge on any atom is -0.496 e. The van der Waals surface area contributed by atoms with Crippen LogP contribution >= 0.6 is 15.9 Å². The number of methoxy groups -OCH3 is 1. The number of rotatable bonds is 5. The number of nitrogens with one attached hydrogen (secondary N) is 1. The van der Waals surface area contributed by atoms with E-state index in [1.54, 1.807) is 7.11 Å². The second-order valence-electron chi connectivity index (χ2n) is 4.57. The van der Waals surface area contributed by atoms with Crippen LogP contribution in [0.4, 0.5) is 5.69 Å². The monoisotopic (exact) mass is 286 g/mol. The van der Waals surface area contributed by atoms with Gasteiger partial charge in [0.2, 0.25) is 0 Å². The first kappa shape index (κ1) is 13.3. The second-order valence-corrected chi connectivity index (χ2v) is 5.43. The van der Waals surface area contributed by atoms with Crippen molar-refractivity contribution in [1.82, 2.24) is 0 Å². The maximum absolute atomic E-state index is 5.68. The van der Waals surface area contributed by atoms with E-state index in [-0.39, 0.29) is 5.41 Å². The van der Waals surface area contributed by atoms with Crippen LogP contribution in [0.1, 0.15) is 13.8 Å². The summed E-state index contributed by atoms with van der Waals surface area (Å²) in [5, 5.41) is 3.36. The van der Waals surface area contributed by atoms with Crippen LogP contribution in [-0.4, -0.2) is 20.2 Å². The molecule has 0 aliphatic heterocycles. The number of ether oxygens (including phenoxy) is 1. The third-order valence-electron chi connectivity index (χ3n) is 2.48. The van der Waals surface area contributed by atoms with Crippen LogP contribution in [0.15, 0.2) is 22.7 Å². The molecule has 0 saturated heterocycles. The van der Waals surface area contributed by atoms with Crippen molar-refractivity contribution in [3.05, 3.63) is 22.7 Å². The summed E-state index contributed by atoms with van der Waals surface area (Å²) in [5.41, 5.74) is 6.84. The van der Waals surface area contributed by atoms with Crippen molar-refractivity contribution in [1.29, 1.82) is 0 Å². The number of anilines is 1. The molecule has 0 heterocycles. The van der Waals surface area contributed by atoms with Gasteiger partial charge in [-0.3, -0.25) is 0 Å². The molecule has 1 aromatic rings. The molecule has 1 aromatic carbocycles. The molecule has 0 atom stereocenters. The summed E-state index contributed by atoms with van der Waals surface area (Å²) in [6.07, 6.45) is 0. The zero-order valence-electron chi connectivity index (χ0n) is 10.0. The normalized spacial score (nSPS) is 11.3. The number of nitrogens with two attached hydrogens (primary N) is 1. The zero-order valence-corrected chi connectivity index (χ0v) is 11.6. The summed E-state index contributed by atoms with van der Waals surface area (Å²) in [4.78, 5) is 0. The predicted octanol–water partition coefficient (Wildman–Crippen LogP) is 2.85. The lowest BCUT2D eigenvalue weighted by molar-refractivity contribution is 0.405. The second kappa shape index (κ2) is 5.55.